The van der Waals surface area contributed by atoms with Crippen molar-refractivity contribution >= 4 is 8.32 Å². The van der Waals surface area contributed by atoms with E-state index >= 15 is 0 Å². The van der Waals surface area contributed by atoms with Crippen LogP contribution in [-0.4, -0.2) is 24.6 Å². The van der Waals surface area contributed by atoms with Gasteiger partial charge in [-0.15, -0.1) is 0 Å². The lowest BCUT2D eigenvalue weighted by atomic mass is 9.84. The van der Waals surface area contributed by atoms with E-state index in [2.05, 4.69) is 60.7 Å². The first-order valence-electron chi connectivity index (χ1n) is 7.29. The van der Waals surface area contributed by atoms with Crippen molar-refractivity contribution in [1.82, 2.24) is 0 Å². The summed E-state index contributed by atoms with van der Waals surface area (Å²) >= 11 is 0. The highest BCUT2D eigenvalue weighted by atomic mass is 28.4. The minimum Gasteiger partial charge on any atom is -0.405 e. The summed E-state index contributed by atoms with van der Waals surface area (Å²) in [7, 11) is -1.89. The molecule has 2 atom stereocenters. The van der Waals surface area contributed by atoms with Crippen LogP contribution >= 0.6 is 0 Å². The van der Waals surface area contributed by atoms with Crippen LogP contribution in [-0.2, 0) is 4.43 Å². The van der Waals surface area contributed by atoms with Crippen LogP contribution in [0.3, 0.4) is 0 Å². The SMILES string of the molecule is C/C=C/[C@@]1(O[Si](C)(C)C(C)(C)C)C[C@@]1(O)C(C)(C)C. The van der Waals surface area contributed by atoms with Gasteiger partial charge in [0.15, 0.2) is 8.32 Å². The van der Waals surface area contributed by atoms with E-state index in [1.54, 1.807) is 0 Å². The van der Waals surface area contributed by atoms with Gasteiger partial charge < -0.3 is 9.53 Å². The van der Waals surface area contributed by atoms with Gasteiger partial charge in [0, 0.05) is 6.42 Å². The third-order valence-electron chi connectivity index (χ3n) is 5.01. The van der Waals surface area contributed by atoms with Gasteiger partial charge in [0.25, 0.3) is 0 Å². The highest BCUT2D eigenvalue weighted by molar-refractivity contribution is 6.74. The van der Waals surface area contributed by atoms with Crippen LogP contribution in [0.2, 0.25) is 18.1 Å². The maximum atomic E-state index is 11.0. The van der Waals surface area contributed by atoms with E-state index in [9.17, 15) is 5.11 Å². The van der Waals surface area contributed by atoms with Gasteiger partial charge in [0.1, 0.15) is 11.2 Å². The molecule has 1 aliphatic rings. The normalized spacial score (nSPS) is 32.9. The van der Waals surface area contributed by atoms with Crippen LogP contribution in [0.15, 0.2) is 12.2 Å². The molecule has 0 bridgehead atoms. The zero-order valence-corrected chi connectivity index (χ0v) is 15.2. The molecule has 1 saturated carbocycles. The summed E-state index contributed by atoms with van der Waals surface area (Å²) in [5.74, 6) is 0. The largest absolute Gasteiger partial charge is 0.405 e. The topological polar surface area (TPSA) is 29.5 Å². The third kappa shape index (κ3) is 2.70. The van der Waals surface area contributed by atoms with E-state index in [-0.39, 0.29) is 10.5 Å². The molecule has 0 saturated heterocycles. The standard InChI is InChI=1S/C16H32O2Si/c1-10-11-15(12-16(15,17)13(2,3)4)18-19(8,9)14(5,6)7/h10-11,17H,12H2,1-9H3/b11-10+/t15-,16-/m1/s1. The summed E-state index contributed by atoms with van der Waals surface area (Å²) in [5.41, 5.74) is -1.40. The Morgan fingerprint density at radius 2 is 1.58 bits per heavy atom. The quantitative estimate of drug-likeness (QED) is 0.610. The zero-order chi connectivity index (χ0) is 15.3. The predicted octanol–water partition coefficient (Wildman–Crippen LogP) is 4.50. The number of hydrogen-bond donors (Lipinski definition) is 1. The molecule has 3 heteroatoms. The molecule has 0 aromatic carbocycles. The summed E-state index contributed by atoms with van der Waals surface area (Å²) in [4.78, 5) is 0. The summed E-state index contributed by atoms with van der Waals surface area (Å²) in [6.45, 7) is 19.5. The summed E-state index contributed by atoms with van der Waals surface area (Å²) in [5, 5.41) is 11.1. The van der Waals surface area contributed by atoms with Gasteiger partial charge in [-0.1, -0.05) is 53.7 Å². The van der Waals surface area contributed by atoms with Gasteiger partial charge in [0.2, 0.25) is 0 Å². The van der Waals surface area contributed by atoms with Gasteiger partial charge in [-0.05, 0) is 30.5 Å². The molecule has 0 spiro atoms. The van der Waals surface area contributed by atoms with Crippen molar-refractivity contribution in [1.29, 1.82) is 0 Å². The Bertz CT molecular complexity index is 373. The number of aliphatic hydroxyl groups is 1. The van der Waals surface area contributed by atoms with Crippen molar-refractivity contribution in [3.8, 4) is 0 Å². The van der Waals surface area contributed by atoms with Crippen molar-refractivity contribution in [3.05, 3.63) is 12.2 Å². The molecular formula is C16H32O2Si. The lowest BCUT2D eigenvalue weighted by Crippen LogP contribution is -2.49. The van der Waals surface area contributed by atoms with E-state index < -0.39 is 19.5 Å². The average Bonchev–Trinajstić information content (AvgIpc) is 2.68. The Labute approximate surface area is 120 Å². The van der Waals surface area contributed by atoms with E-state index in [0.29, 0.717) is 6.42 Å². The van der Waals surface area contributed by atoms with Gasteiger partial charge in [-0.25, -0.2) is 0 Å². The van der Waals surface area contributed by atoms with Gasteiger partial charge in [-0.2, -0.15) is 0 Å². The fraction of sp³-hybridized carbons (Fsp3) is 0.875. The fourth-order valence-electron chi connectivity index (χ4n) is 2.46. The zero-order valence-electron chi connectivity index (χ0n) is 14.2. The van der Waals surface area contributed by atoms with Gasteiger partial charge in [-0.3, -0.25) is 0 Å². The van der Waals surface area contributed by atoms with E-state index in [4.69, 9.17) is 4.43 Å². The first kappa shape index (κ1) is 16.9. The Balaban J connectivity index is 3.09. The first-order valence-corrected chi connectivity index (χ1v) is 10.2. The first-order chi connectivity index (χ1) is 8.22. The summed E-state index contributed by atoms with van der Waals surface area (Å²) in [6.07, 6.45) is 4.79. The number of allylic oxidation sites excluding steroid dienone is 1. The molecule has 19 heavy (non-hydrogen) atoms. The van der Waals surface area contributed by atoms with Crippen LogP contribution in [0.4, 0.5) is 0 Å². The maximum Gasteiger partial charge on any atom is 0.193 e. The Kier molecular flexibility index (Phi) is 3.95. The molecule has 0 amide bonds. The molecule has 1 aliphatic carbocycles. The van der Waals surface area contributed by atoms with Crippen LogP contribution in [0, 0.1) is 5.41 Å². The van der Waals surface area contributed by atoms with Crippen molar-refractivity contribution in [3.63, 3.8) is 0 Å². The molecule has 0 aliphatic heterocycles. The summed E-state index contributed by atoms with van der Waals surface area (Å²) < 4.78 is 6.59. The molecule has 0 heterocycles. The second-order valence-electron chi connectivity index (χ2n) is 8.54. The van der Waals surface area contributed by atoms with E-state index in [0.717, 1.165) is 0 Å². The highest BCUT2D eigenvalue weighted by Crippen LogP contribution is 2.63. The van der Waals surface area contributed by atoms with Gasteiger partial charge in [0.05, 0.1) is 0 Å². The molecule has 2 nitrogen and oxygen atoms in total. The predicted molar refractivity (Wildman–Crippen MR) is 84.8 cm³/mol. The second-order valence-corrected chi connectivity index (χ2v) is 13.3. The minimum absolute atomic E-state index is 0.156. The molecule has 0 unspecified atom stereocenters. The van der Waals surface area contributed by atoms with Crippen LogP contribution < -0.4 is 0 Å². The molecule has 0 aromatic rings. The summed E-state index contributed by atoms with van der Waals surface area (Å²) in [6, 6.07) is 0. The van der Waals surface area contributed by atoms with Crippen LogP contribution in [0.5, 0.6) is 0 Å². The number of rotatable bonds is 3. The molecule has 0 radical (unpaired) electrons. The van der Waals surface area contributed by atoms with Crippen molar-refractivity contribution < 1.29 is 9.53 Å². The smallest absolute Gasteiger partial charge is 0.193 e. The number of hydrogen-bond acceptors (Lipinski definition) is 2. The third-order valence-corrected chi connectivity index (χ3v) is 9.50. The van der Waals surface area contributed by atoms with Crippen molar-refractivity contribution in [2.45, 2.75) is 84.2 Å². The Morgan fingerprint density at radius 1 is 1.11 bits per heavy atom. The maximum absolute atomic E-state index is 11.0. The Morgan fingerprint density at radius 3 is 1.84 bits per heavy atom. The Hall–Kier alpha value is -0.123. The molecule has 1 fully saturated rings. The average molecular weight is 285 g/mol. The minimum atomic E-state index is -1.89. The van der Waals surface area contributed by atoms with Gasteiger partial charge >= 0.3 is 0 Å². The van der Waals surface area contributed by atoms with Crippen LogP contribution in [0.1, 0.15) is 54.9 Å². The second kappa shape index (κ2) is 4.44. The molecule has 1 rings (SSSR count). The van der Waals surface area contributed by atoms with E-state index in [1.807, 2.05) is 13.0 Å². The fourth-order valence-corrected chi connectivity index (χ4v) is 3.99. The molecule has 1 N–H and O–H groups in total. The molecule has 112 valence electrons. The van der Waals surface area contributed by atoms with E-state index in [1.165, 1.54) is 0 Å². The lowest BCUT2D eigenvalue weighted by molar-refractivity contribution is -0.0233. The van der Waals surface area contributed by atoms with Crippen LogP contribution in [0.25, 0.3) is 0 Å². The highest BCUT2D eigenvalue weighted by Gasteiger charge is 2.73. The molecular weight excluding hydrogens is 252 g/mol. The van der Waals surface area contributed by atoms with Crippen molar-refractivity contribution in [2.75, 3.05) is 0 Å². The lowest BCUT2D eigenvalue weighted by Gasteiger charge is -2.41. The monoisotopic (exact) mass is 284 g/mol. The van der Waals surface area contributed by atoms with Crippen molar-refractivity contribution in [2.24, 2.45) is 5.41 Å². The molecule has 0 aromatic heterocycles.